The summed E-state index contributed by atoms with van der Waals surface area (Å²) in [7, 11) is 0. The highest BCUT2D eigenvalue weighted by Gasteiger charge is 2.46. The normalized spacial score (nSPS) is 36.7. The molecule has 0 spiro atoms. The second kappa shape index (κ2) is 5.14. The largest absolute Gasteiger partial charge is 0.463 e. The zero-order valence-corrected chi connectivity index (χ0v) is 9.93. The van der Waals surface area contributed by atoms with Gasteiger partial charge in [0.15, 0.2) is 0 Å². The van der Waals surface area contributed by atoms with E-state index in [1.54, 1.807) is 0 Å². The van der Waals surface area contributed by atoms with E-state index < -0.39 is 6.10 Å². The number of hydrogen-bond acceptors (Lipinski definition) is 5. The highest BCUT2D eigenvalue weighted by Crippen LogP contribution is 2.37. The van der Waals surface area contributed by atoms with Gasteiger partial charge in [-0.15, -0.1) is 0 Å². The van der Waals surface area contributed by atoms with Gasteiger partial charge in [0.25, 0.3) is 0 Å². The Labute approximate surface area is 100 Å². The Morgan fingerprint density at radius 2 is 2.06 bits per heavy atom. The molecule has 1 N–H and O–H groups in total. The van der Waals surface area contributed by atoms with Crippen molar-refractivity contribution in [3.05, 3.63) is 0 Å². The van der Waals surface area contributed by atoms with E-state index in [0.717, 1.165) is 19.3 Å². The average Bonchev–Trinajstić information content (AvgIpc) is 2.28. The zero-order valence-electron chi connectivity index (χ0n) is 9.93. The van der Waals surface area contributed by atoms with Crippen molar-refractivity contribution in [1.82, 2.24) is 0 Å². The van der Waals surface area contributed by atoms with Crippen molar-refractivity contribution in [3.8, 4) is 0 Å². The molecule has 2 rings (SSSR count). The van der Waals surface area contributed by atoms with Crippen molar-refractivity contribution in [1.29, 1.82) is 0 Å². The molecule has 2 aliphatic rings. The van der Waals surface area contributed by atoms with Crippen molar-refractivity contribution in [2.75, 3.05) is 13.2 Å². The van der Waals surface area contributed by atoms with Crippen LogP contribution < -0.4 is 0 Å². The molecule has 17 heavy (non-hydrogen) atoms. The highest BCUT2D eigenvalue weighted by atomic mass is 16.6. The molecule has 4 atom stereocenters. The van der Waals surface area contributed by atoms with Gasteiger partial charge in [-0.05, 0) is 12.8 Å². The van der Waals surface area contributed by atoms with Gasteiger partial charge in [-0.25, -0.2) is 0 Å². The van der Waals surface area contributed by atoms with Gasteiger partial charge < -0.3 is 14.6 Å². The van der Waals surface area contributed by atoms with Crippen molar-refractivity contribution < 1.29 is 24.2 Å². The second-order valence-electron chi connectivity index (χ2n) is 4.74. The molecule has 2 bridgehead atoms. The Morgan fingerprint density at radius 3 is 2.65 bits per heavy atom. The van der Waals surface area contributed by atoms with Gasteiger partial charge in [0.2, 0.25) is 0 Å². The highest BCUT2D eigenvalue weighted by molar-refractivity contribution is 5.86. The van der Waals surface area contributed by atoms with Crippen molar-refractivity contribution in [3.63, 3.8) is 0 Å². The van der Waals surface area contributed by atoms with Crippen LogP contribution in [0.3, 0.4) is 0 Å². The van der Waals surface area contributed by atoms with E-state index in [1.807, 2.05) is 0 Å². The first-order chi connectivity index (χ1) is 8.13. The maximum atomic E-state index is 12.1. The number of rotatable bonds is 3. The molecule has 1 saturated carbocycles. The molecule has 0 aromatic rings. The number of ketones is 1. The summed E-state index contributed by atoms with van der Waals surface area (Å²) in [6, 6.07) is 0. The van der Waals surface area contributed by atoms with E-state index >= 15 is 0 Å². The fourth-order valence-corrected chi connectivity index (χ4v) is 2.79. The molecule has 0 amide bonds. The van der Waals surface area contributed by atoms with Crippen LogP contribution in [0.25, 0.3) is 0 Å². The number of carbonyl (C=O) groups is 2. The lowest BCUT2D eigenvalue weighted by Crippen LogP contribution is -2.53. The predicted octanol–water partition coefficient (Wildman–Crippen LogP) is 0.295. The lowest BCUT2D eigenvalue weighted by atomic mass is 9.73. The Kier molecular flexibility index (Phi) is 3.79. The van der Waals surface area contributed by atoms with Crippen LogP contribution in [0.5, 0.6) is 0 Å². The minimum Gasteiger partial charge on any atom is -0.463 e. The maximum Gasteiger partial charge on any atom is 0.302 e. The summed E-state index contributed by atoms with van der Waals surface area (Å²) in [6.07, 6.45) is 1.73. The summed E-state index contributed by atoms with van der Waals surface area (Å²) in [4.78, 5) is 22.9. The van der Waals surface area contributed by atoms with Gasteiger partial charge in [0.05, 0.1) is 12.7 Å². The summed E-state index contributed by atoms with van der Waals surface area (Å²) >= 11 is 0. The SMILES string of the molecule is CC(=O)OC[C@@H]1O[C@H](CO)[C@H]2CCC[C@@H]1C2=O. The van der Waals surface area contributed by atoms with Gasteiger partial charge in [0, 0.05) is 18.8 Å². The number of carbonyl (C=O) groups excluding carboxylic acids is 2. The van der Waals surface area contributed by atoms with Gasteiger partial charge in [-0.2, -0.15) is 0 Å². The number of hydrogen-bond donors (Lipinski definition) is 1. The molecule has 0 aromatic carbocycles. The minimum atomic E-state index is -0.431. The molecule has 5 heteroatoms. The molecule has 1 heterocycles. The summed E-state index contributed by atoms with van der Waals surface area (Å²) < 4.78 is 10.6. The average molecular weight is 242 g/mol. The number of aliphatic hydroxyl groups excluding tert-OH is 1. The minimum absolute atomic E-state index is 0.106. The van der Waals surface area contributed by atoms with Crippen LogP contribution in [0.1, 0.15) is 26.2 Å². The number of ether oxygens (including phenoxy) is 2. The van der Waals surface area contributed by atoms with Crippen molar-refractivity contribution >= 4 is 11.8 Å². The van der Waals surface area contributed by atoms with Crippen LogP contribution in [0.2, 0.25) is 0 Å². The lowest BCUT2D eigenvalue weighted by molar-refractivity contribution is -0.182. The standard InChI is InChI=1S/C12H18O5/c1-7(14)16-6-11-9-4-2-3-8(12(9)15)10(5-13)17-11/h8-11,13H,2-6H2,1H3/t8-,9+,10-,11+/m1/s1. The number of fused-ring (bicyclic) bond motifs is 2. The first-order valence-corrected chi connectivity index (χ1v) is 6.07. The zero-order chi connectivity index (χ0) is 12.4. The maximum absolute atomic E-state index is 12.1. The van der Waals surface area contributed by atoms with Crippen LogP contribution in [0.15, 0.2) is 0 Å². The molecule has 5 nitrogen and oxygen atoms in total. The summed E-state index contributed by atoms with van der Waals surface area (Å²) in [5.41, 5.74) is 0. The van der Waals surface area contributed by atoms with E-state index in [-0.39, 0.29) is 42.9 Å². The summed E-state index contributed by atoms with van der Waals surface area (Å²) in [5, 5.41) is 9.23. The van der Waals surface area contributed by atoms with Gasteiger partial charge in [-0.1, -0.05) is 6.42 Å². The molecule has 0 radical (unpaired) electrons. The molecule has 96 valence electrons. The second-order valence-corrected chi connectivity index (χ2v) is 4.74. The number of esters is 1. The van der Waals surface area contributed by atoms with Crippen molar-refractivity contribution in [2.45, 2.75) is 38.4 Å². The Bertz CT molecular complexity index is 314. The number of aliphatic hydroxyl groups is 1. The first-order valence-electron chi connectivity index (χ1n) is 6.07. The molecule has 1 saturated heterocycles. The summed E-state index contributed by atoms with van der Waals surface area (Å²) in [5.74, 6) is -0.554. The lowest BCUT2D eigenvalue weighted by Gasteiger charge is -2.42. The third-order valence-corrected chi connectivity index (χ3v) is 3.64. The molecule has 1 aliphatic heterocycles. The molecular formula is C12H18O5. The fourth-order valence-electron chi connectivity index (χ4n) is 2.79. The van der Waals surface area contributed by atoms with Crippen LogP contribution in [0.4, 0.5) is 0 Å². The number of Topliss-reactive ketones (excluding diaryl/α,β-unsaturated/α-hetero) is 1. The van der Waals surface area contributed by atoms with E-state index in [9.17, 15) is 14.7 Å². The van der Waals surface area contributed by atoms with Crippen LogP contribution in [-0.2, 0) is 19.1 Å². The third kappa shape index (κ3) is 2.50. The Hall–Kier alpha value is -0.940. The van der Waals surface area contributed by atoms with Gasteiger partial charge >= 0.3 is 5.97 Å². The van der Waals surface area contributed by atoms with E-state index in [2.05, 4.69) is 0 Å². The molecule has 0 unspecified atom stereocenters. The van der Waals surface area contributed by atoms with Gasteiger partial charge in [-0.3, -0.25) is 9.59 Å². The van der Waals surface area contributed by atoms with Crippen molar-refractivity contribution in [2.24, 2.45) is 11.8 Å². The molecule has 1 aliphatic carbocycles. The van der Waals surface area contributed by atoms with Crippen LogP contribution >= 0.6 is 0 Å². The monoisotopic (exact) mass is 242 g/mol. The molecular weight excluding hydrogens is 224 g/mol. The Balaban J connectivity index is 2.05. The molecule has 2 fully saturated rings. The van der Waals surface area contributed by atoms with Crippen LogP contribution in [-0.4, -0.2) is 42.3 Å². The van der Waals surface area contributed by atoms with Crippen LogP contribution in [0, 0.1) is 11.8 Å². The first kappa shape index (κ1) is 12.5. The Morgan fingerprint density at radius 1 is 1.41 bits per heavy atom. The van der Waals surface area contributed by atoms with E-state index in [4.69, 9.17) is 9.47 Å². The van der Waals surface area contributed by atoms with E-state index in [1.165, 1.54) is 6.92 Å². The quantitative estimate of drug-likeness (QED) is 0.720. The topological polar surface area (TPSA) is 72.8 Å². The van der Waals surface area contributed by atoms with Gasteiger partial charge in [0.1, 0.15) is 18.5 Å². The third-order valence-electron chi connectivity index (χ3n) is 3.64. The van der Waals surface area contributed by atoms with E-state index in [0.29, 0.717) is 0 Å². The summed E-state index contributed by atoms with van der Waals surface area (Å²) in [6.45, 7) is 1.28. The smallest absolute Gasteiger partial charge is 0.302 e. The molecule has 0 aromatic heterocycles. The fraction of sp³-hybridized carbons (Fsp3) is 0.833. The predicted molar refractivity (Wildman–Crippen MR) is 58.2 cm³/mol.